The molecular weight excluding hydrogens is 392 g/mol. The van der Waals surface area contributed by atoms with Crippen LogP contribution in [0.1, 0.15) is 83.3 Å². The number of nitrogens with two attached hydrogens (primary N) is 1. The fraction of sp³-hybridized carbons (Fsp3) is 0.875. The molecule has 4 aliphatic carbocycles. The van der Waals surface area contributed by atoms with Crippen LogP contribution in [0.5, 0.6) is 0 Å². The van der Waals surface area contributed by atoms with E-state index in [1.165, 1.54) is 44.2 Å². The second-order valence-corrected chi connectivity index (χ2v) is 11.0. The smallest absolute Gasteiger partial charge is 0.230 e. The molecule has 1 aromatic heterocycles. The summed E-state index contributed by atoms with van der Waals surface area (Å²) in [4.78, 5) is 9.82. The minimum Gasteiger partial charge on any atom is -0.395 e. The Bertz CT molecular complexity index is 826. The lowest BCUT2D eigenvalue weighted by molar-refractivity contribution is -0.112. The number of oxime groups is 1. The summed E-state index contributed by atoms with van der Waals surface area (Å²) in [6.45, 7) is 5.67. The molecule has 3 N–H and O–H groups in total. The zero-order valence-corrected chi connectivity index (χ0v) is 19.1. The average Bonchev–Trinajstić information content (AvgIpc) is 3.35. The second kappa shape index (κ2) is 8.14. The first-order chi connectivity index (χ1) is 14.9. The normalized spacial score (nSPS) is 43.4. The number of aliphatic hydroxyl groups is 1. The van der Waals surface area contributed by atoms with Crippen molar-refractivity contribution in [3.63, 3.8) is 0 Å². The maximum atomic E-state index is 10.6. The van der Waals surface area contributed by atoms with Crippen LogP contribution in [0.15, 0.2) is 9.68 Å². The number of hydrogen-bond acceptors (Lipinski definition) is 7. The number of nitrogens with zero attached hydrogens (tertiary/aromatic N) is 3. The van der Waals surface area contributed by atoms with Crippen LogP contribution in [0.25, 0.3) is 0 Å². The van der Waals surface area contributed by atoms with Crippen LogP contribution < -0.4 is 5.73 Å². The standard InChI is InChI=1S/C24H38N4O3/c1-23-10-7-16(27-30-12-9-22-26-21(14-25)28-31-22)13-15(23)3-4-17-18-5-6-20(29)24(18,2)11-8-19(17)23/h15,17-20,29H,3-14,25H2,1-2H3/t15?,17?,18?,19?,20-,23-,24-/m0/s1. The van der Waals surface area contributed by atoms with Gasteiger partial charge in [-0.1, -0.05) is 24.2 Å². The molecule has 4 saturated carbocycles. The molecule has 4 fully saturated rings. The highest BCUT2D eigenvalue weighted by Crippen LogP contribution is 2.65. The molecule has 0 bridgehead atoms. The Morgan fingerprint density at radius 1 is 1.13 bits per heavy atom. The fourth-order valence-electron chi connectivity index (χ4n) is 7.86. The quantitative estimate of drug-likeness (QED) is 0.543. The van der Waals surface area contributed by atoms with Crippen molar-refractivity contribution < 1.29 is 14.5 Å². The summed E-state index contributed by atoms with van der Waals surface area (Å²) >= 11 is 0. The van der Waals surface area contributed by atoms with Gasteiger partial charge in [-0.2, -0.15) is 4.98 Å². The third-order valence-corrected chi connectivity index (χ3v) is 9.74. The van der Waals surface area contributed by atoms with Gasteiger partial charge < -0.3 is 20.2 Å². The summed E-state index contributed by atoms with van der Waals surface area (Å²) in [6.07, 6.45) is 11.2. The van der Waals surface area contributed by atoms with Gasteiger partial charge in [0.05, 0.1) is 24.8 Å². The SMILES string of the molecule is C[C@]12CCC(=NOCCc3nc(CN)no3)CC1CCC1C2CC[C@@]2(C)C1CC[C@@H]2O. The Morgan fingerprint density at radius 2 is 1.97 bits per heavy atom. The lowest BCUT2D eigenvalue weighted by atomic mass is 9.45. The van der Waals surface area contributed by atoms with Gasteiger partial charge in [0.1, 0.15) is 6.61 Å². The van der Waals surface area contributed by atoms with Gasteiger partial charge in [-0.15, -0.1) is 0 Å². The number of hydrogen-bond donors (Lipinski definition) is 2. The van der Waals surface area contributed by atoms with Crippen LogP contribution in [0.2, 0.25) is 0 Å². The van der Waals surface area contributed by atoms with Crippen LogP contribution in [-0.4, -0.2) is 33.7 Å². The van der Waals surface area contributed by atoms with E-state index in [0.29, 0.717) is 36.1 Å². The largest absolute Gasteiger partial charge is 0.395 e. The van der Waals surface area contributed by atoms with Gasteiger partial charge in [0.15, 0.2) is 5.82 Å². The summed E-state index contributed by atoms with van der Waals surface area (Å²) in [7, 11) is 0. The molecule has 0 saturated heterocycles. The highest BCUT2D eigenvalue weighted by Gasteiger charge is 2.59. The molecule has 7 nitrogen and oxygen atoms in total. The van der Waals surface area contributed by atoms with Crippen molar-refractivity contribution in [3.8, 4) is 0 Å². The summed E-state index contributed by atoms with van der Waals surface area (Å²) < 4.78 is 5.14. The van der Waals surface area contributed by atoms with E-state index in [9.17, 15) is 5.11 Å². The predicted molar refractivity (Wildman–Crippen MR) is 117 cm³/mol. The van der Waals surface area contributed by atoms with E-state index in [2.05, 4.69) is 29.1 Å². The van der Waals surface area contributed by atoms with E-state index in [1.54, 1.807) is 0 Å². The molecule has 0 spiro atoms. The Morgan fingerprint density at radius 3 is 2.77 bits per heavy atom. The molecule has 7 heteroatoms. The maximum Gasteiger partial charge on any atom is 0.230 e. The Balaban J connectivity index is 1.19. The molecule has 4 unspecified atom stereocenters. The molecule has 0 radical (unpaired) electrons. The Labute approximate surface area is 185 Å². The molecule has 1 heterocycles. The van der Waals surface area contributed by atoms with Crippen molar-refractivity contribution in [1.82, 2.24) is 10.1 Å². The van der Waals surface area contributed by atoms with Crippen molar-refractivity contribution in [3.05, 3.63) is 11.7 Å². The number of aromatic nitrogens is 2. The molecule has 0 aliphatic heterocycles. The first kappa shape index (κ1) is 21.4. The third-order valence-electron chi connectivity index (χ3n) is 9.74. The van der Waals surface area contributed by atoms with E-state index in [-0.39, 0.29) is 18.1 Å². The summed E-state index contributed by atoms with van der Waals surface area (Å²) in [6, 6.07) is 0. The van der Waals surface area contributed by atoms with Gasteiger partial charge in [0.2, 0.25) is 5.89 Å². The fourth-order valence-corrected chi connectivity index (χ4v) is 7.86. The first-order valence-electron chi connectivity index (χ1n) is 12.3. The van der Waals surface area contributed by atoms with Crippen molar-refractivity contribution in [2.45, 2.75) is 90.7 Å². The zero-order valence-electron chi connectivity index (χ0n) is 19.1. The van der Waals surface area contributed by atoms with E-state index < -0.39 is 0 Å². The van der Waals surface area contributed by atoms with Crippen LogP contribution >= 0.6 is 0 Å². The lowest BCUT2D eigenvalue weighted by Gasteiger charge is -2.60. The molecule has 172 valence electrons. The van der Waals surface area contributed by atoms with Crippen molar-refractivity contribution in [2.24, 2.45) is 45.4 Å². The highest BCUT2D eigenvalue weighted by atomic mass is 16.6. The Hall–Kier alpha value is -1.47. The van der Waals surface area contributed by atoms with E-state index in [0.717, 1.165) is 37.0 Å². The van der Waals surface area contributed by atoms with Gasteiger partial charge in [0.25, 0.3) is 0 Å². The molecule has 5 rings (SSSR count). The number of aliphatic hydroxyl groups excluding tert-OH is 1. The van der Waals surface area contributed by atoms with E-state index in [1.807, 2.05) is 0 Å². The number of fused-ring (bicyclic) bond motifs is 5. The molecular formula is C24H38N4O3. The van der Waals surface area contributed by atoms with Crippen molar-refractivity contribution in [2.75, 3.05) is 6.61 Å². The highest BCUT2D eigenvalue weighted by molar-refractivity contribution is 5.85. The monoisotopic (exact) mass is 430 g/mol. The van der Waals surface area contributed by atoms with Crippen molar-refractivity contribution >= 4 is 5.71 Å². The average molecular weight is 431 g/mol. The van der Waals surface area contributed by atoms with Crippen molar-refractivity contribution in [1.29, 1.82) is 0 Å². The van der Waals surface area contributed by atoms with Crippen LogP contribution in [0, 0.1) is 34.5 Å². The molecule has 0 aromatic carbocycles. The van der Waals surface area contributed by atoms with E-state index >= 15 is 0 Å². The number of rotatable bonds is 5. The second-order valence-electron chi connectivity index (χ2n) is 11.0. The van der Waals surface area contributed by atoms with Crippen LogP contribution in [0.4, 0.5) is 0 Å². The van der Waals surface area contributed by atoms with Gasteiger partial charge in [-0.05, 0) is 92.3 Å². The molecule has 0 amide bonds. The van der Waals surface area contributed by atoms with Gasteiger partial charge >= 0.3 is 0 Å². The first-order valence-corrected chi connectivity index (χ1v) is 12.3. The van der Waals surface area contributed by atoms with Gasteiger partial charge in [-0.3, -0.25) is 0 Å². The molecule has 4 aliphatic rings. The zero-order chi connectivity index (χ0) is 21.6. The van der Waals surface area contributed by atoms with Gasteiger partial charge in [0, 0.05) is 0 Å². The summed E-state index contributed by atoms with van der Waals surface area (Å²) in [5, 5.41) is 18.9. The lowest BCUT2D eigenvalue weighted by Crippen LogP contribution is -2.54. The van der Waals surface area contributed by atoms with Gasteiger partial charge in [-0.25, -0.2) is 0 Å². The van der Waals surface area contributed by atoms with Crippen LogP contribution in [-0.2, 0) is 17.8 Å². The topological polar surface area (TPSA) is 107 Å². The van der Waals surface area contributed by atoms with E-state index in [4.69, 9.17) is 15.1 Å². The molecule has 7 atom stereocenters. The predicted octanol–water partition coefficient (Wildman–Crippen LogP) is 3.85. The maximum absolute atomic E-state index is 10.6. The van der Waals surface area contributed by atoms with Crippen LogP contribution in [0.3, 0.4) is 0 Å². The summed E-state index contributed by atoms with van der Waals surface area (Å²) in [5.41, 5.74) is 7.31. The minimum atomic E-state index is -0.0831. The third kappa shape index (κ3) is 3.62. The summed E-state index contributed by atoms with van der Waals surface area (Å²) in [5.74, 6) is 4.13. The minimum absolute atomic E-state index is 0.0831. The Kier molecular flexibility index (Phi) is 5.62. The molecule has 31 heavy (non-hydrogen) atoms. The molecule has 1 aromatic rings.